The number of non-ortho nitro benzene ring substituents is 1. The van der Waals surface area contributed by atoms with E-state index in [0.29, 0.717) is 5.56 Å². The predicted molar refractivity (Wildman–Crippen MR) is 93.4 cm³/mol. The van der Waals surface area contributed by atoms with Gasteiger partial charge >= 0.3 is 5.97 Å². The molecule has 27 heavy (non-hydrogen) atoms. The van der Waals surface area contributed by atoms with Crippen LogP contribution in [0.3, 0.4) is 0 Å². The number of ketones is 1. The number of ether oxygens (including phenoxy) is 1. The number of benzene rings is 1. The number of esters is 1. The van der Waals surface area contributed by atoms with Gasteiger partial charge < -0.3 is 15.2 Å². The first-order chi connectivity index (χ1) is 12.5. The highest BCUT2D eigenvalue weighted by molar-refractivity contribution is 6.00. The quantitative estimate of drug-likeness (QED) is 0.227. The number of nitro groups is 1. The maximum atomic E-state index is 12.5. The first kappa shape index (κ1) is 20.5. The van der Waals surface area contributed by atoms with Gasteiger partial charge in [0.1, 0.15) is 13.0 Å². The summed E-state index contributed by atoms with van der Waals surface area (Å²) in [5.74, 6) is -2.16. The van der Waals surface area contributed by atoms with Gasteiger partial charge in [0, 0.05) is 17.5 Å². The van der Waals surface area contributed by atoms with E-state index in [2.05, 4.69) is 5.32 Å². The number of aliphatic hydroxyl groups is 1. The predicted octanol–water partition coefficient (Wildman–Crippen LogP) is 1.12. The number of nitro benzene ring substituents is 1. The number of nitrogens with zero attached hydrogens (tertiary/aromatic N) is 1. The number of rotatable bonds is 8. The van der Waals surface area contributed by atoms with E-state index >= 15 is 0 Å². The number of aliphatic hydroxyl groups excluding tert-OH is 1. The molecule has 0 aromatic heterocycles. The van der Waals surface area contributed by atoms with Crippen LogP contribution < -0.4 is 5.32 Å². The van der Waals surface area contributed by atoms with Crippen molar-refractivity contribution in [2.24, 2.45) is 11.3 Å². The van der Waals surface area contributed by atoms with Crippen molar-refractivity contribution in [3.63, 3.8) is 0 Å². The molecule has 1 aliphatic heterocycles. The number of hydrogen-bond donors (Lipinski definition) is 2. The van der Waals surface area contributed by atoms with E-state index in [1.54, 1.807) is 13.8 Å². The summed E-state index contributed by atoms with van der Waals surface area (Å²) in [7, 11) is 0. The molecule has 1 amide bonds. The molecule has 146 valence electrons. The van der Waals surface area contributed by atoms with E-state index in [-0.39, 0.29) is 18.2 Å². The fourth-order valence-electron chi connectivity index (χ4n) is 2.98. The van der Waals surface area contributed by atoms with Crippen molar-refractivity contribution in [1.82, 2.24) is 5.32 Å². The van der Waals surface area contributed by atoms with Gasteiger partial charge in [0.25, 0.3) is 5.69 Å². The van der Waals surface area contributed by atoms with Crippen molar-refractivity contribution in [3.05, 3.63) is 39.9 Å². The highest BCUT2D eigenvalue weighted by atomic mass is 16.6. The molecule has 2 N–H and O–H groups in total. The highest BCUT2D eigenvalue weighted by Crippen LogP contribution is 2.35. The Hall–Kier alpha value is -2.81. The van der Waals surface area contributed by atoms with Crippen LogP contribution in [0.4, 0.5) is 5.69 Å². The Kier molecular flexibility index (Phi) is 5.94. The molecule has 1 saturated heterocycles. The molecule has 0 bridgehead atoms. The molecule has 9 heteroatoms. The zero-order valence-electron chi connectivity index (χ0n) is 15.3. The lowest BCUT2D eigenvalue weighted by Gasteiger charge is -2.46. The molecular weight excluding hydrogens is 356 g/mol. The van der Waals surface area contributed by atoms with Gasteiger partial charge in [0.05, 0.1) is 23.0 Å². The van der Waals surface area contributed by atoms with E-state index in [0.717, 1.165) is 0 Å². The average Bonchev–Trinajstić information content (AvgIpc) is 2.57. The van der Waals surface area contributed by atoms with Crippen LogP contribution in [-0.2, 0) is 25.7 Å². The third kappa shape index (κ3) is 4.48. The number of β-lactam (4-membered cyclic amide) rings is 1. The second kappa shape index (κ2) is 7.83. The van der Waals surface area contributed by atoms with Gasteiger partial charge in [0.15, 0.2) is 5.78 Å². The summed E-state index contributed by atoms with van der Waals surface area (Å²) in [5, 5.41) is 22.9. The van der Waals surface area contributed by atoms with E-state index in [9.17, 15) is 29.6 Å². The Balaban J connectivity index is 1.90. The maximum absolute atomic E-state index is 12.5. The van der Waals surface area contributed by atoms with E-state index in [1.807, 2.05) is 0 Å². The molecule has 0 spiro atoms. The molecule has 1 aromatic rings. The number of amides is 1. The molecule has 0 aliphatic carbocycles. The lowest BCUT2D eigenvalue weighted by molar-refractivity contribution is -0.384. The molecule has 1 heterocycles. The van der Waals surface area contributed by atoms with E-state index in [1.165, 1.54) is 31.2 Å². The molecular formula is C18H22N2O7. The molecule has 1 fully saturated rings. The second-order valence-electron chi connectivity index (χ2n) is 7.16. The first-order valence-electron chi connectivity index (χ1n) is 8.44. The third-order valence-corrected chi connectivity index (χ3v) is 4.83. The Labute approximate surface area is 155 Å². The van der Waals surface area contributed by atoms with Crippen molar-refractivity contribution >= 4 is 23.3 Å². The average molecular weight is 378 g/mol. The van der Waals surface area contributed by atoms with Crippen LogP contribution in [0.5, 0.6) is 0 Å². The summed E-state index contributed by atoms with van der Waals surface area (Å²) in [6.45, 7) is 4.59. The fourth-order valence-corrected chi connectivity index (χ4v) is 2.98. The zero-order chi connectivity index (χ0) is 20.4. The van der Waals surface area contributed by atoms with Crippen LogP contribution in [0.1, 0.15) is 32.8 Å². The molecule has 1 aromatic carbocycles. The van der Waals surface area contributed by atoms with Crippen LogP contribution >= 0.6 is 0 Å². The lowest BCUT2D eigenvalue weighted by Crippen LogP contribution is -2.68. The van der Waals surface area contributed by atoms with Gasteiger partial charge in [-0.3, -0.25) is 24.5 Å². The largest absolute Gasteiger partial charge is 0.460 e. The van der Waals surface area contributed by atoms with Crippen LogP contribution in [0.2, 0.25) is 0 Å². The van der Waals surface area contributed by atoms with Gasteiger partial charge in [-0.15, -0.1) is 0 Å². The summed E-state index contributed by atoms with van der Waals surface area (Å²) in [6, 6.07) is 4.97. The minimum atomic E-state index is -1.04. The highest BCUT2D eigenvalue weighted by Gasteiger charge is 2.53. The van der Waals surface area contributed by atoms with E-state index in [4.69, 9.17) is 4.74 Å². The molecule has 1 aliphatic rings. The van der Waals surface area contributed by atoms with Gasteiger partial charge in [-0.2, -0.15) is 0 Å². The number of hydrogen-bond acceptors (Lipinski definition) is 7. The van der Waals surface area contributed by atoms with Crippen LogP contribution in [-0.4, -0.2) is 39.8 Å². The van der Waals surface area contributed by atoms with Gasteiger partial charge in [-0.25, -0.2) is 0 Å². The van der Waals surface area contributed by atoms with Crippen LogP contribution in [0.25, 0.3) is 0 Å². The van der Waals surface area contributed by atoms with Crippen molar-refractivity contribution < 1.29 is 29.2 Å². The van der Waals surface area contributed by atoms with Gasteiger partial charge in [0.2, 0.25) is 5.91 Å². The summed E-state index contributed by atoms with van der Waals surface area (Å²) in [4.78, 5) is 46.1. The number of Topliss-reactive ketones (excluding diaryl/α,β-unsaturated/α-hetero) is 1. The Bertz CT molecular complexity index is 755. The summed E-state index contributed by atoms with van der Waals surface area (Å²) < 4.78 is 5.05. The standard InChI is InChI=1S/C18H22N2O7/c1-10(21)15-16(19-17(15)24)18(2,3)13(22)8-14(23)27-9-11-4-6-12(7-5-11)20(25)26/h4-7,10,15-16,21H,8-9H2,1-3H3,(H,19,24). The fraction of sp³-hybridized carbons (Fsp3) is 0.500. The Morgan fingerprint density at radius 3 is 2.41 bits per heavy atom. The maximum Gasteiger partial charge on any atom is 0.313 e. The second-order valence-corrected chi connectivity index (χ2v) is 7.16. The molecule has 0 saturated carbocycles. The Morgan fingerprint density at radius 1 is 1.33 bits per heavy atom. The van der Waals surface area contributed by atoms with Gasteiger partial charge in [-0.1, -0.05) is 13.8 Å². The smallest absolute Gasteiger partial charge is 0.313 e. The summed E-state index contributed by atoms with van der Waals surface area (Å²) in [6.07, 6.45) is -1.37. The normalized spacial score (nSPS) is 20.2. The van der Waals surface area contributed by atoms with Crippen LogP contribution in [0, 0.1) is 21.4 Å². The minimum absolute atomic E-state index is 0.0720. The van der Waals surface area contributed by atoms with Crippen molar-refractivity contribution in [2.75, 3.05) is 0 Å². The molecule has 9 nitrogen and oxygen atoms in total. The first-order valence-corrected chi connectivity index (χ1v) is 8.44. The molecule has 3 atom stereocenters. The Morgan fingerprint density at radius 2 is 1.93 bits per heavy atom. The lowest BCUT2D eigenvalue weighted by atomic mass is 9.67. The SMILES string of the molecule is CC(O)C1C(=O)NC1C(C)(C)C(=O)CC(=O)OCc1ccc([N+](=O)[O-])cc1. The van der Waals surface area contributed by atoms with Crippen molar-refractivity contribution in [3.8, 4) is 0 Å². The molecule has 2 rings (SSSR count). The minimum Gasteiger partial charge on any atom is -0.460 e. The van der Waals surface area contributed by atoms with Crippen molar-refractivity contribution in [1.29, 1.82) is 0 Å². The number of nitrogens with one attached hydrogen (secondary N) is 1. The zero-order valence-corrected chi connectivity index (χ0v) is 15.3. The molecule has 3 unspecified atom stereocenters. The monoisotopic (exact) mass is 378 g/mol. The number of carbonyl (C=O) groups is 3. The third-order valence-electron chi connectivity index (χ3n) is 4.83. The summed E-state index contributed by atoms with van der Waals surface area (Å²) >= 11 is 0. The van der Waals surface area contributed by atoms with Crippen LogP contribution in [0.15, 0.2) is 24.3 Å². The van der Waals surface area contributed by atoms with Gasteiger partial charge in [-0.05, 0) is 24.6 Å². The van der Waals surface area contributed by atoms with Crippen molar-refractivity contribution in [2.45, 2.75) is 45.9 Å². The summed E-state index contributed by atoms with van der Waals surface area (Å²) in [5.41, 5.74) is -0.555. The number of carbonyl (C=O) groups excluding carboxylic acids is 3. The topological polar surface area (TPSA) is 136 Å². The molecule has 0 radical (unpaired) electrons. The van der Waals surface area contributed by atoms with E-state index < -0.39 is 46.6 Å².